The summed E-state index contributed by atoms with van der Waals surface area (Å²) < 4.78 is 5.87. The minimum Gasteiger partial charge on any atom is -0.383 e. The van der Waals surface area contributed by atoms with Gasteiger partial charge in [0.2, 0.25) is 0 Å². The SMILES string of the molecule is CCCc1c(C2CCOC(C)(C)C2)nc(N)c(C#N)c1-c1cnc[nH]1. The lowest BCUT2D eigenvalue weighted by Gasteiger charge is -2.36. The van der Waals surface area contributed by atoms with Gasteiger partial charge in [-0.1, -0.05) is 13.3 Å². The van der Waals surface area contributed by atoms with Crippen LogP contribution in [0.1, 0.15) is 62.8 Å². The zero-order chi connectivity index (χ0) is 18.0. The fraction of sp³-hybridized carbons (Fsp3) is 0.526. The number of nitrogen functional groups attached to an aromatic ring is 1. The number of H-pyrrole nitrogens is 1. The minimum atomic E-state index is -0.176. The van der Waals surface area contributed by atoms with E-state index in [2.05, 4.69) is 41.8 Å². The Balaban J connectivity index is 2.20. The topological polar surface area (TPSA) is 101 Å². The molecule has 1 atom stereocenters. The molecular formula is C19H25N5O. The van der Waals surface area contributed by atoms with Crippen LogP contribution in [0.5, 0.6) is 0 Å². The second-order valence-corrected chi connectivity index (χ2v) is 7.24. The summed E-state index contributed by atoms with van der Waals surface area (Å²) in [7, 11) is 0. The predicted molar refractivity (Wildman–Crippen MR) is 96.9 cm³/mol. The first-order valence-electron chi connectivity index (χ1n) is 8.82. The van der Waals surface area contributed by atoms with E-state index in [4.69, 9.17) is 10.5 Å². The van der Waals surface area contributed by atoms with E-state index in [9.17, 15) is 5.26 Å². The quantitative estimate of drug-likeness (QED) is 0.887. The smallest absolute Gasteiger partial charge is 0.142 e. The monoisotopic (exact) mass is 339 g/mol. The molecule has 1 saturated heterocycles. The number of ether oxygens (including phenoxy) is 1. The average molecular weight is 339 g/mol. The van der Waals surface area contributed by atoms with Crippen LogP contribution in [-0.4, -0.2) is 27.2 Å². The van der Waals surface area contributed by atoms with Crippen molar-refractivity contribution < 1.29 is 4.74 Å². The number of rotatable bonds is 4. The van der Waals surface area contributed by atoms with Gasteiger partial charge < -0.3 is 15.5 Å². The van der Waals surface area contributed by atoms with Crippen LogP contribution in [0.15, 0.2) is 12.5 Å². The third-order valence-corrected chi connectivity index (χ3v) is 4.82. The molecule has 0 spiro atoms. The molecule has 1 aliphatic rings. The Kier molecular flexibility index (Phi) is 4.78. The molecule has 3 rings (SSSR count). The summed E-state index contributed by atoms with van der Waals surface area (Å²) in [5, 5.41) is 9.65. The maximum Gasteiger partial charge on any atom is 0.142 e. The van der Waals surface area contributed by atoms with Gasteiger partial charge in [0.1, 0.15) is 17.5 Å². The number of imidazole rings is 1. The van der Waals surface area contributed by atoms with Gasteiger partial charge in [0.25, 0.3) is 0 Å². The number of nitrogens with one attached hydrogen (secondary N) is 1. The zero-order valence-electron chi connectivity index (χ0n) is 15.1. The maximum absolute atomic E-state index is 9.65. The van der Waals surface area contributed by atoms with Crippen molar-refractivity contribution >= 4 is 5.82 Å². The lowest BCUT2D eigenvalue weighted by Crippen LogP contribution is -2.33. The molecule has 25 heavy (non-hydrogen) atoms. The Bertz CT molecular complexity index is 789. The molecule has 0 aromatic carbocycles. The summed E-state index contributed by atoms with van der Waals surface area (Å²) in [5.74, 6) is 0.577. The van der Waals surface area contributed by atoms with Gasteiger partial charge in [0.15, 0.2) is 0 Å². The Labute approximate surface area is 148 Å². The molecule has 0 aliphatic carbocycles. The first kappa shape index (κ1) is 17.4. The van der Waals surface area contributed by atoms with E-state index in [1.54, 1.807) is 12.5 Å². The number of aromatic amines is 1. The van der Waals surface area contributed by atoms with Gasteiger partial charge in [0, 0.05) is 18.1 Å². The van der Waals surface area contributed by atoms with E-state index in [0.29, 0.717) is 18.0 Å². The normalized spacial score (nSPS) is 19.5. The highest BCUT2D eigenvalue weighted by Gasteiger charge is 2.33. The first-order valence-corrected chi connectivity index (χ1v) is 8.82. The molecule has 6 nitrogen and oxygen atoms in total. The molecule has 0 saturated carbocycles. The van der Waals surface area contributed by atoms with Crippen molar-refractivity contribution in [2.75, 3.05) is 12.3 Å². The number of hydrogen-bond donors (Lipinski definition) is 2. The van der Waals surface area contributed by atoms with Gasteiger partial charge >= 0.3 is 0 Å². The van der Waals surface area contributed by atoms with Crippen molar-refractivity contribution in [2.45, 2.75) is 58.0 Å². The highest BCUT2D eigenvalue weighted by atomic mass is 16.5. The van der Waals surface area contributed by atoms with Crippen LogP contribution < -0.4 is 5.73 Å². The number of nitrogens with two attached hydrogens (primary N) is 1. The number of aromatic nitrogens is 3. The van der Waals surface area contributed by atoms with Crippen LogP contribution in [0.3, 0.4) is 0 Å². The van der Waals surface area contributed by atoms with Crippen LogP contribution in [0.25, 0.3) is 11.3 Å². The lowest BCUT2D eigenvalue weighted by molar-refractivity contribution is -0.0598. The molecule has 6 heteroatoms. The molecule has 2 aromatic heterocycles. The lowest BCUT2D eigenvalue weighted by atomic mass is 9.81. The van der Waals surface area contributed by atoms with E-state index in [1.807, 2.05) is 0 Å². The van der Waals surface area contributed by atoms with Crippen molar-refractivity contribution in [3.05, 3.63) is 29.3 Å². The van der Waals surface area contributed by atoms with Gasteiger partial charge in [-0.3, -0.25) is 0 Å². The largest absolute Gasteiger partial charge is 0.383 e. The summed E-state index contributed by atoms with van der Waals surface area (Å²) >= 11 is 0. The molecule has 3 heterocycles. The molecule has 1 aliphatic heterocycles. The van der Waals surface area contributed by atoms with Crippen molar-refractivity contribution in [3.8, 4) is 17.3 Å². The van der Waals surface area contributed by atoms with Gasteiger partial charge in [-0.15, -0.1) is 0 Å². The number of nitrogens with zero attached hydrogens (tertiary/aromatic N) is 3. The molecule has 3 N–H and O–H groups in total. The van der Waals surface area contributed by atoms with Crippen molar-refractivity contribution in [1.29, 1.82) is 5.26 Å². The second-order valence-electron chi connectivity index (χ2n) is 7.24. The molecular weight excluding hydrogens is 314 g/mol. The van der Waals surface area contributed by atoms with Crippen LogP contribution in [0.4, 0.5) is 5.82 Å². The summed E-state index contributed by atoms with van der Waals surface area (Å²) in [6.07, 6.45) is 7.00. The minimum absolute atomic E-state index is 0.176. The summed E-state index contributed by atoms with van der Waals surface area (Å²) in [6, 6.07) is 2.24. The van der Waals surface area contributed by atoms with Gasteiger partial charge in [-0.2, -0.15) is 5.26 Å². The molecule has 0 radical (unpaired) electrons. The van der Waals surface area contributed by atoms with Crippen molar-refractivity contribution in [2.24, 2.45) is 0 Å². The maximum atomic E-state index is 9.65. The number of anilines is 1. The first-order chi connectivity index (χ1) is 12.0. The van der Waals surface area contributed by atoms with Crippen LogP contribution >= 0.6 is 0 Å². The molecule has 1 fully saturated rings. The van der Waals surface area contributed by atoms with E-state index in [1.165, 1.54) is 0 Å². The van der Waals surface area contributed by atoms with Gasteiger partial charge in [-0.25, -0.2) is 9.97 Å². The summed E-state index contributed by atoms with van der Waals surface area (Å²) in [5.41, 5.74) is 10.2. The number of pyridine rings is 1. The third kappa shape index (κ3) is 3.38. The van der Waals surface area contributed by atoms with E-state index in [-0.39, 0.29) is 11.5 Å². The Hall–Kier alpha value is -2.39. The van der Waals surface area contributed by atoms with E-state index in [0.717, 1.165) is 48.2 Å². The van der Waals surface area contributed by atoms with Crippen LogP contribution in [-0.2, 0) is 11.2 Å². The Morgan fingerprint density at radius 1 is 1.48 bits per heavy atom. The van der Waals surface area contributed by atoms with Crippen LogP contribution in [0.2, 0.25) is 0 Å². The molecule has 2 aromatic rings. The predicted octanol–water partition coefficient (Wildman–Crippen LogP) is 3.55. The second kappa shape index (κ2) is 6.85. The highest BCUT2D eigenvalue weighted by molar-refractivity contribution is 5.77. The molecule has 0 amide bonds. The van der Waals surface area contributed by atoms with Gasteiger partial charge in [0.05, 0.1) is 29.5 Å². The van der Waals surface area contributed by atoms with E-state index >= 15 is 0 Å². The van der Waals surface area contributed by atoms with E-state index < -0.39 is 0 Å². The fourth-order valence-corrected chi connectivity index (χ4v) is 3.77. The highest BCUT2D eigenvalue weighted by Crippen LogP contribution is 2.40. The Morgan fingerprint density at radius 2 is 2.28 bits per heavy atom. The molecule has 132 valence electrons. The summed E-state index contributed by atoms with van der Waals surface area (Å²) in [4.78, 5) is 11.9. The Morgan fingerprint density at radius 3 is 2.88 bits per heavy atom. The third-order valence-electron chi connectivity index (χ3n) is 4.82. The van der Waals surface area contributed by atoms with Crippen molar-refractivity contribution in [3.63, 3.8) is 0 Å². The number of hydrogen-bond acceptors (Lipinski definition) is 5. The zero-order valence-corrected chi connectivity index (χ0v) is 15.1. The molecule has 0 bridgehead atoms. The number of nitriles is 1. The van der Waals surface area contributed by atoms with Crippen molar-refractivity contribution in [1.82, 2.24) is 15.0 Å². The standard InChI is InChI=1S/C19H25N5O/c1-4-5-13-16(15-10-22-11-23-15)14(9-20)18(21)24-17(13)12-6-7-25-19(2,3)8-12/h10-12H,4-8H2,1-3H3,(H2,21,24)(H,22,23). The van der Waals surface area contributed by atoms with Crippen LogP contribution in [0, 0.1) is 11.3 Å². The fourth-order valence-electron chi connectivity index (χ4n) is 3.77. The average Bonchev–Trinajstić information content (AvgIpc) is 3.09. The summed E-state index contributed by atoms with van der Waals surface area (Å²) in [6.45, 7) is 7.07. The van der Waals surface area contributed by atoms with Gasteiger partial charge in [-0.05, 0) is 38.7 Å². The molecule has 1 unspecified atom stereocenters.